The molecule has 0 aromatic rings. The third-order valence-electron chi connectivity index (χ3n) is 5.57. The molecule has 2 fully saturated rings. The summed E-state index contributed by atoms with van der Waals surface area (Å²) in [5, 5.41) is 18.8. The van der Waals surface area contributed by atoms with E-state index in [4.69, 9.17) is 9.84 Å². The Kier molecular flexibility index (Phi) is 8.70. The number of hydrogen-bond donors (Lipinski definition) is 2. The van der Waals surface area contributed by atoms with Gasteiger partial charge in [-0.3, -0.25) is 4.79 Å². The van der Waals surface area contributed by atoms with Crippen LogP contribution in [0.5, 0.6) is 0 Å². The molecule has 4 heteroatoms. The van der Waals surface area contributed by atoms with E-state index < -0.39 is 5.97 Å². The van der Waals surface area contributed by atoms with E-state index in [1.54, 1.807) is 0 Å². The first-order valence-electron chi connectivity index (χ1n) is 9.96. The van der Waals surface area contributed by atoms with E-state index in [-0.39, 0.29) is 12.5 Å². The van der Waals surface area contributed by atoms with Gasteiger partial charge in [-0.2, -0.15) is 0 Å². The van der Waals surface area contributed by atoms with Crippen molar-refractivity contribution in [3.05, 3.63) is 24.3 Å². The van der Waals surface area contributed by atoms with Crippen molar-refractivity contribution < 1.29 is 19.7 Å². The van der Waals surface area contributed by atoms with Crippen molar-refractivity contribution in [2.24, 2.45) is 17.8 Å². The van der Waals surface area contributed by atoms with Crippen molar-refractivity contribution in [3.8, 4) is 0 Å². The van der Waals surface area contributed by atoms with Gasteiger partial charge in [0.05, 0.1) is 18.8 Å². The summed E-state index contributed by atoms with van der Waals surface area (Å²) in [4.78, 5) is 10.5. The van der Waals surface area contributed by atoms with Gasteiger partial charge >= 0.3 is 5.97 Å². The maximum atomic E-state index is 10.5. The number of aliphatic hydroxyl groups excluding tert-OH is 1. The fourth-order valence-corrected chi connectivity index (χ4v) is 4.15. The fraction of sp³-hybridized carbons (Fsp3) is 0.762. The van der Waals surface area contributed by atoms with Gasteiger partial charge in [0, 0.05) is 6.42 Å². The van der Waals surface area contributed by atoms with Crippen LogP contribution in [0.2, 0.25) is 0 Å². The monoisotopic (exact) mass is 350 g/mol. The Hall–Kier alpha value is -1.13. The van der Waals surface area contributed by atoms with Crippen molar-refractivity contribution >= 4 is 5.97 Å². The molecule has 2 bridgehead atoms. The number of fused-ring (bicyclic) bond motifs is 2. The van der Waals surface area contributed by atoms with Gasteiger partial charge < -0.3 is 14.9 Å². The summed E-state index contributed by atoms with van der Waals surface area (Å²) >= 11 is 0. The molecule has 25 heavy (non-hydrogen) atoms. The highest BCUT2D eigenvalue weighted by atomic mass is 16.5. The van der Waals surface area contributed by atoms with Crippen molar-refractivity contribution in [1.29, 1.82) is 0 Å². The zero-order chi connectivity index (χ0) is 18.1. The third-order valence-corrected chi connectivity index (χ3v) is 5.57. The summed E-state index contributed by atoms with van der Waals surface area (Å²) in [7, 11) is 0. The second-order valence-electron chi connectivity index (χ2n) is 7.55. The Morgan fingerprint density at radius 2 is 2.12 bits per heavy atom. The summed E-state index contributed by atoms with van der Waals surface area (Å²) in [6.45, 7) is 3.03. The second-order valence-corrected chi connectivity index (χ2v) is 7.55. The molecular formula is C21H34O4. The fourth-order valence-electron chi connectivity index (χ4n) is 4.15. The standard InChI is InChI=1S/C21H34O4/c1-2-3-6-9-17(22)12-13-18-16-14-20(25-15-16)19(18)10-7-4-5-8-11-21(23)24/h4,7,12-13,16-20,22H,2-3,5-6,8-11,14-15H2,1H3,(H,23,24)/b7-4-,13-12+/t16-,17+,18?,19-,20-/m1/s1. The van der Waals surface area contributed by atoms with Crippen LogP contribution in [-0.2, 0) is 9.53 Å². The quantitative estimate of drug-likeness (QED) is 0.406. The lowest BCUT2D eigenvalue weighted by Gasteiger charge is -2.28. The third kappa shape index (κ3) is 6.59. The minimum atomic E-state index is -0.724. The van der Waals surface area contributed by atoms with Gasteiger partial charge in [-0.15, -0.1) is 0 Å². The first-order valence-corrected chi connectivity index (χ1v) is 9.96. The highest BCUT2D eigenvalue weighted by Gasteiger charge is 2.46. The van der Waals surface area contributed by atoms with Gasteiger partial charge in [0.2, 0.25) is 0 Å². The average molecular weight is 350 g/mol. The molecule has 1 heterocycles. The summed E-state index contributed by atoms with van der Waals surface area (Å²) in [6, 6.07) is 0. The largest absolute Gasteiger partial charge is 0.481 e. The average Bonchev–Trinajstić information content (AvgIpc) is 3.17. The van der Waals surface area contributed by atoms with Gasteiger partial charge in [0.25, 0.3) is 0 Å². The smallest absolute Gasteiger partial charge is 0.303 e. The molecule has 2 aliphatic rings. The molecule has 1 saturated heterocycles. The number of carbonyl (C=O) groups is 1. The molecule has 4 nitrogen and oxygen atoms in total. The van der Waals surface area contributed by atoms with Gasteiger partial charge in [-0.25, -0.2) is 0 Å². The lowest BCUT2D eigenvalue weighted by molar-refractivity contribution is -0.137. The number of unbranched alkanes of at least 4 members (excludes halogenated alkanes) is 3. The van der Waals surface area contributed by atoms with Crippen LogP contribution in [0.3, 0.4) is 0 Å². The molecule has 5 atom stereocenters. The molecule has 2 N–H and O–H groups in total. The first-order chi connectivity index (χ1) is 12.1. The van der Waals surface area contributed by atoms with E-state index in [1.807, 2.05) is 6.08 Å². The topological polar surface area (TPSA) is 66.8 Å². The Bertz CT molecular complexity index is 457. The summed E-state index contributed by atoms with van der Waals surface area (Å²) < 4.78 is 5.88. The van der Waals surface area contributed by atoms with Gasteiger partial charge in [-0.05, 0) is 49.9 Å². The van der Waals surface area contributed by atoms with Crippen LogP contribution in [-0.4, -0.2) is 35.0 Å². The molecule has 1 unspecified atom stereocenters. The van der Waals surface area contributed by atoms with Crippen LogP contribution in [0.25, 0.3) is 0 Å². The van der Waals surface area contributed by atoms with E-state index in [2.05, 4.69) is 25.2 Å². The van der Waals surface area contributed by atoms with Crippen LogP contribution < -0.4 is 0 Å². The summed E-state index contributed by atoms with van der Waals surface area (Å²) in [6.07, 6.45) is 16.8. The van der Waals surface area contributed by atoms with E-state index in [9.17, 15) is 9.90 Å². The first kappa shape index (κ1) is 20.2. The highest BCUT2D eigenvalue weighted by Crippen LogP contribution is 2.47. The van der Waals surface area contributed by atoms with E-state index in [0.29, 0.717) is 30.3 Å². The maximum Gasteiger partial charge on any atom is 0.303 e. The Labute approximate surface area is 152 Å². The Balaban J connectivity index is 1.78. The molecule has 0 amide bonds. The predicted molar refractivity (Wildman–Crippen MR) is 99.4 cm³/mol. The number of rotatable bonds is 12. The molecule has 0 spiro atoms. The van der Waals surface area contributed by atoms with Gasteiger partial charge in [0.15, 0.2) is 0 Å². The molecule has 142 valence electrons. The number of carboxylic acid groups (broad SMARTS) is 1. The lowest BCUT2D eigenvalue weighted by Crippen LogP contribution is -2.27. The van der Waals surface area contributed by atoms with Crippen LogP contribution in [0.1, 0.15) is 64.7 Å². The van der Waals surface area contributed by atoms with Gasteiger partial charge in [0.1, 0.15) is 0 Å². The number of aliphatic carboxylic acids is 1. The van der Waals surface area contributed by atoms with Crippen molar-refractivity contribution in [3.63, 3.8) is 0 Å². The van der Waals surface area contributed by atoms with Crippen LogP contribution >= 0.6 is 0 Å². The molecule has 0 aromatic carbocycles. The lowest BCUT2D eigenvalue weighted by atomic mass is 9.85. The molecular weight excluding hydrogens is 316 g/mol. The SMILES string of the molecule is CCCCC[C@H](O)/C=C/C1[C@H]2CO[C@H](C2)[C@@H]1C/C=C\CCCC(=O)O. The van der Waals surface area contributed by atoms with Gasteiger partial charge in [-0.1, -0.05) is 50.5 Å². The van der Waals surface area contributed by atoms with Crippen molar-refractivity contribution in [2.75, 3.05) is 6.61 Å². The maximum absolute atomic E-state index is 10.5. The number of carboxylic acids is 1. The van der Waals surface area contributed by atoms with E-state index in [0.717, 1.165) is 38.7 Å². The molecule has 1 saturated carbocycles. The highest BCUT2D eigenvalue weighted by molar-refractivity contribution is 5.66. The number of hydrogen-bond acceptors (Lipinski definition) is 3. The van der Waals surface area contributed by atoms with Crippen LogP contribution in [0.15, 0.2) is 24.3 Å². The minimum Gasteiger partial charge on any atom is -0.481 e. The molecule has 1 aliphatic heterocycles. The van der Waals surface area contributed by atoms with Crippen LogP contribution in [0, 0.1) is 17.8 Å². The Morgan fingerprint density at radius 1 is 1.28 bits per heavy atom. The Morgan fingerprint density at radius 3 is 2.88 bits per heavy atom. The number of allylic oxidation sites excluding steroid dienone is 3. The van der Waals surface area contributed by atoms with Crippen LogP contribution in [0.4, 0.5) is 0 Å². The van der Waals surface area contributed by atoms with E-state index >= 15 is 0 Å². The van der Waals surface area contributed by atoms with E-state index in [1.165, 1.54) is 12.8 Å². The normalized spacial score (nSPS) is 29.8. The zero-order valence-electron chi connectivity index (χ0n) is 15.5. The number of ether oxygens (including phenoxy) is 1. The minimum absolute atomic E-state index is 0.239. The molecule has 0 aromatic heterocycles. The summed E-state index contributed by atoms with van der Waals surface area (Å²) in [5.74, 6) is 0.865. The molecule has 0 radical (unpaired) electrons. The zero-order valence-corrected chi connectivity index (χ0v) is 15.5. The predicted octanol–water partition coefficient (Wildman–Crippen LogP) is 4.34. The van der Waals surface area contributed by atoms with Crippen molar-refractivity contribution in [2.45, 2.75) is 76.9 Å². The molecule has 1 aliphatic carbocycles. The van der Waals surface area contributed by atoms with Crippen molar-refractivity contribution in [1.82, 2.24) is 0 Å². The summed E-state index contributed by atoms with van der Waals surface area (Å²) in [5.41, 5.74) is 0. The molecule has 2 rings (SSSR count). The number of aliphatic hydroxyl groups is 1. The second kappa shape index (κ2) is 10.8.